The Morgan fingerprint density at radius 3 is 1.64 bits per heavy atom. The number of morpholine rings is 2. The Kier molecular flexibility index (Phi) is 8.78. The topological polar surface area (TPSA) is 86.3 Å². The Bertz CT molecular complexity index is 518. The fraction of sp³-hybridized carbons (Fsp3) is 0.700. The summed E-state index contributed by atoms with van der Waals surface area (Å²) in [6.07, 6.45) is -1.04. The molecule has 2 saturated heterocycles. The molecule has 2 aliphatic rings. The SMILES string of the molecule is O[C@@H](COc1cccc(OC[C@H](O)C[NH+]2CCOCC2)c1)C[NH+]1CCOCC1. The van der Waals surface area contributed by atoms with E-state index in [0.717, 1.165) is 52.6 Å². The van der Waals surface area contributed by atoms with Crippen LogP contribution in [0, 0.1) is 0 Å². The van der Waals surface area contributed by atoms with Gasteiger partial charge in [0.05, 0.1) is 26.4 Å². The molecule has 4 N–H and O–H groups in total. The van der Waals surface area contributed by atoms with Crippen LogP contribution in [-0.2, 0) is 9.47 Å². The van der Waals surface area contributed by atoms with Gasteiger partial charge in [0, 0.05) is 6.07 Å². The summed E-state index contributed by atoms with van der Waals surface area (Å²) in [4.78, 5) is 2.69. The summed E-state index contributed by atoms with van der Waals surface area (Å²) in [6.45, 7) is 8.52. The van der Waals surface area contributed by atoms with Crippen LogP contribution in [0.1, 0.15) is 0 Å². The van der Waals surface area contributed by atoms with Crippen LogP contribution in [0.2, 0.25) is 0 Å². The summed E-state index contributed by atoms with van der Waals surface area (Å²) >= 11 is 0. The first kappa shape index (κ1) is 21.3. The number of aliphatic hydroxyl groups is 2. The van der Waals surface area contributed by atoms with Crippen molar-refractivity contribution >= 4 is 0 Å². The van der Waals surface area contributed by atoms with Gasteiger partial charge >= 0.3 is 0 Å². The van der Waals surface area contributed by atoms with Crippen LogP contribution in [0.25, 0.3) is 0 Å². The molecule has 3 rings (SSSR count). The molecule has 0 spiro atoms. The van der Waals surface area contributed by atoms with E-state index in [0.29, 0.717) is 24.6 Å². The molecular formula is C20H34N2O6+2. The van der Waals surface area contributed by atoms with E-state index in [1.54, 1.807) is 6.07 Å². The molecule has 0 amide bonds. The number of hydrogen-bond donors (Lipinski definition) is 4. The van der Waals surface area contributed by atoms with Gasteiger partial charge in [-0.1, -0.05) is 6.07 Å². The number of ether oxygens (including phenoxy) is 4. The molecule has 2 fully saturated rings. The normalized spacial score (nSPS) is 21.2. The van der Waals surface area contributed by atoms with E-state index in [1.165, 1.54) is 9.80 Å². The Morgan fingerprint density at radius 1 is 0.786 bits per heavy atom. The van der Waals surface area contributed by atoms with Crippen molar-refractivity contribution in [3.05, 3.63) is 24.3 Å². The van der Waals surface area contributed by atoms with E-state index < -0.39 is 12.2 Å². The second-order valence-electron chi connectivity index (χ2n) is 7.54. The quantitative estimate of drug-likeness (QED) is 0.336. The number of hydrogen-bond acceptors (Lipinski definition) is 6. The van der Waals surface area contributed by atoms with Crippen molar-refractivity contribution in [1.29, 1.82) is 0 Å². The lowest BCUT2D eigenvalue weighted by Crippen LogP contribution is -3.15. The van der Waals surface area contributed by atoms with Gasteiger partial charge in [0.1, 0.15) is 76.2 Å². The van der Waals surface area contributed by atoms with Gasteiger partial charge in [0.2, 0.25) is 0 Å². The first-order valence-electron chi connectivity index (χ1n) is 10.2. The van der Waals surface area contributed by atoms with Crippen molar-refractivity contribution in [1.82, 2.24) is 0 Å². The monoisotopic (exact) mass is 398 g/mol. The molecular weight excluding hydrogens is 364 g/mol. The zero-order valence-electron chi connectivity index (χ0n) is 16.5. The highest BCUT2D eigenvalue weighted by molar-refractivity contribution is 5.32. The predicted molar refractivity (Wildman–Crippen MR) is 102 cm³/mol. The van der Waals surface area contributed by atoms with E-state index in [2.05, 4.69) is 0 Å². The van der Waals surface area contributed by atoms with Gasteiger partial charge in [0.15, 0.2) is 0 Å². The van der Waals surface area contributed by atoms with Gasteiger partial charge in [-0.2, -0.15) is 0 Å². The minimum Gasteiger partial charge on any atom is -0.491 e. The molecule has 2 aliphatic heterocycles. The highest BCUT2D eigenvalue weighted by atomic mass is 16.5. The molecule has 1 aromatic carbocycles. The average molecular weight is 399 g/mol. The van der Waals surface area contributed by atoms with Crippen LogP contribution in [0.4, 0.5) is 0 Å². The zero-order valence-corrected chi connectivity index (χ0v) is 16.5. The van der Waals surface area contributed by atoms with Crippen LogP contribution in [0.3, 0.4) is 0 Å². The molecule has 0 aliphatic carbocycles. The number of nitrogens with one attached hydrogen (secondary N) is 2. The molecule has 0 bridgehead atoms. The Morgan fingerprint density at radius 2 is 1.21 bits per heavy atom. The first-order chi connectivity index (χ1) is 13.7. The molecule has 158 valence electrons. The molecule has 8 nitrogen and oxygen atoms in total. The maximum atomic E-state index is 10.2. The second kappa shape index (κ2) is 11.5. The van der Waals surface area contributed by atoms with Gasteiger partial charge in [-0.3, -0.25) is 0 Å². The minimum atomic E-state index is -0.518. The van der Waals surface area contributed by atoms with Gasteiger partial charge in [-0.15, -0.1) is 0 Å². The second-order valence-corrected chi connectivity index (χ2v) is 7.54. The molecule has 8 heteroatoms. The summed E-state index contributed by atoms with van der Waals surface area (Å²) < 4.78 is 22.1. The van der Waals surface area contributed by atoms with Crippen LogP contribution < -0.4 is 19.3 Å². The molecule has 0 radical (unpaired) electrons. The largest absolute Gasteiger partial charge is 0.491 e. The molecule has 0 aromatic heterocycles. The van der Waals surface area contributed by atoms with E-state index >= 15 is 0 Å². The highest BCUT2D eigenvalue weighted by Crippen LogP contribution is 2.19. The maximum absolute atomic E-state index is 10.2. The summed E-state index contributed by atoms with van der Waals surface area (Å²) in [6, 6.07) is 7.33. The average Bonchev–Trinajstić information content (AvgIpc) is 2.73. The van der Waals surface area contributed by atoms with Crippen LogP contribution in [-0.4, -0.2) is 101 Å². The summed E-state index contributed by atoms with van der Waals surface area (Å²) in [5.74, 6) is 1.31. The Balaban J connectivity index is 1.36. The molecule has 2 heterocycles. The third-order valence-corrected chi connectivity index (χ3v) is 5.14. The molecule has 0 unspecified atom stereocenters. The molecule has 0 saturated carbocycles. The molecule has 1 aromatic rings. The van der Waals surface area contributed by atoms with Crippen molar-refractivity contribution in [3.8, 4) is 11.5 Å². The van der Waals surface area contributed by atoms with Crippen molar-refractivity contribution in [2.45, 2.75) is 12.2 Å². The summed E-state index contributed by atoms with van der Waals surface area (Å²) in [5, 5.41) is 20.4. The minimum absolute atomic E-state index is 0.247. The standard InChI is InChI=1S/C20H32N2O6/c23-17(13-21-4-8-25-9-5-21)15-27-19-2-1-3-20(12-19)28-16-18(24)14-22-6-10-26-11-7-22/h1-3,12,17-18,23-24H,4-11,13-16H2/p+2/t17-,18-/m1/s1. The van der Waals surface area contributed by atoms with Crippen molar-refractivity contribution in [2.75, 3.05) is 78.9 Å². The third kappa shape index (κ3) is 7.54. The molecule has 28 heavy (non-hydrogen) atoms. The van der Waals surface area contributed by atoms with Gasteiger partial charge < -0.3 is 39.0 Å². The number of aliphatic hydroxyl groups excluding tert-OH is 2. The number of quaternary nitrogens is 2. The first-order valence-corrected chi connectivity index (χ1v) is 10.2. The van der Waals surface area contributed by atoms with Gasteiger partial charge in [0.25, 0.3) is 0 Å². The summed E-state index contributed by atoms with van der Waals surface area (Å²) in [7, 11) is 0. The van der Waals surface area contributed by atoms with E-state index in [1.807, 2.05) is 18.2 Å². The smallest absolute Gasteiger partial charge is 0.137 e. The predicted octanol–water partition coefficient (Wildman–Crippen LogP) is -3.00. The lowest BCUT2D eigenvalue weighted by molar-refractivity contribution is -0.911. The van der Waals surface area contributed by atoms with Crippen molar-refractivity contribution < 1.29 is 39.0 Å². The van der Waals surface area contributed by atoms with E-state index in [-0.39, 0.29) is 13.2 Å². The lowest BCUT2D eigenvalue weighted by atomic mass is 10.3. The fourth-order valence-electron chi connectivity index (χ4n) is 3.55. The lowest BCUT2D eigenvalue weighted by Gasteiger charge is -2.26. The van der Waals surface area contributed by atoms with Crippen LogP contribution in [0.15, 0.2) is 24.3 Å². The number of rotatable bonds is 10. The highest BCUT2D eigenvalue weighted by Gasteiger charge is 2.20. The van der Waals surface area contributed by atoms with Crippen LogP contribution >= 0.6 is 0 Å². The Labute approximate surface area is 166 Å². The third-order valence-electron chi connectivity index (χ3n) is 5.14. The Hall–Kier alpha value is -1.42. The van der Waals surface area contributed by atoms with Crippen molar-refractivity contribution in [3.63, 3.8) is 0 Å². The summed E-state index contributed by atoms with van der Waals surface area (Å²) in [5.41, 5.74) is 0. The molecule has 2 atom stereocenters. The van der Waals surface area contributed by atoms with Gasteiger partial charge in [-0.05, 0) is 12.1 Å². The fourth-order valence-corrected chi connectivity index (χ4v) is 3.55. The maximum Gasteiger partial charge on any atom is 0.137 e. The van der Waals surface area contributed by atoms with E-state index in [4.69, 9.17) is 18.9 Å². The zero-order chi connectivity index (χ0) is 19.6. The van der Waals surface area contributed by atoms with Crippen LogP contribution in [0.5, 0.6) is 11.5 Å². The van der Waals surface area contributed by atoms with Crippen molar-refractivity contribution in [2.24, 2.45) is 0 Å². The van der Waals surface area contributed by atoms with E-state index in [9.17, 15) is 10.2 Å². The van der Waals surface area contributed by atoms with Gasteiger partial charge in [-0.25, -0.2) is 0 Å². The number of benzene rings is 1.